The summed E-state index contributed by atoms with van der Waals surface area (Å²) in [6, 6.07) is 8.81. The minimum Gasteiger partial charge on any atom is -0.490 e. The number of carbonyl (C=O) groups is 1. The Bertz CT molecular complexity index is 1040. The van der Waals surface area contributed by atoms with Gasteiger partial charge in [0.15, 0.2) is 0 Å². The van der Waals surface area contributed by atoms with E-state index in [1.807, 2.05) is 24.8 Å². The number of piperidine rings is 1. The third kappa shape index (κ3) is 3.37. The highest BCUT2D eigenvalue weighted by molar-refractivity contribution is 5.96. The maximum atomic E-state index is 12.9. The molecule has 2 aliphatic rings. The van der Waals surface area contributed by atoms with Crippen molar-refractivity contribution in [3.8, 4) is 5.75 Å². The first-order chi connectivity index (χ1) is 14.6. The van der Waals surface area contributed by atoms with Gasteiger partial charge in [-0.15, -0.1) is 0 Å². The second kappa shape index (κ2) is 7.80. The number of hydrogen-bond acceptors (Lipinski definition) is 4. The number of hydrogen-bond donors (Lipinski definition) is 1. The van der Waals surface area contributed by atoms with Crippen LogP contribution in [0, 0.1) is 13.8 Å². The Kier molecular flexibility index (Phi) is 4.98. The second-order valence-corrected chi connectivity index (χ2v) is 8.35. The number of likely N-dealkylation sites (tertiary alicyclic amines) is 1. The van der Waals surface area contributed by atoms with Gasteiger partial charge in [0, 0.05) is 49.8 Å². The highest BCUT2D eigenvalue weighted by Gasteiger charge is 2.28. The number of rotatable bonds is 4. The molecule has 1 aromatic carbocycles. The summed E-state index contributed by atoms with van der Waals surface area (Å²) < 4.78 is 14.3. The average Bonchev–Trinajstić information content (AvgIpc) is 3.49. The molecule has 2 aromatic heterocycles. The molecule has 5 rings (SSSR count). The number of aromatic amines is 1. The van der Waals surface area contributed by atoms with Gasteiger partial charge in [-0.25, -0.2) is 0 Å². The summed E-state index contributed by atoms with van der Waals surface area (Å²) in [5.74, 6) is 0.992. The summed E-state index contributed by atoms with van der Waals surface area (Å²) in [4.78, 5) is 14.8. The highest BCUT2D eigenvalue weighted by Crippen LogP contribution is 2.32. The van der Waals surface area contributed by atoms with E-state index in [0.29, 0.717) is 24.7 Å². The van der Waals surface area contributed by atoms with E-state index in [2.05, 4.69) is 39.2 Å². The zero-order chi connectivity index (χ0) is 20.7. The third-order valence-electron chi connectivity index (χ3n) is 6.39. The molecule has 0 radical (unpaired) electrons. The van der Waals surface area contributed by atoms with Crippen LogP contribution < -0.4 is 4.74 Å². The molecule has 4 heterocycles. The maximum absolute atomic E-state index is 12.9. The number of carbonyl (C=O) groups excluding carboxylic acids is 1. The lowest BCUT2D eigenvalue weighted by Crippen LogP contribution is -2.42. The van der Waals surface area contributed by atoms with Crippen molar-refractivity contribution in [3.05, 3.63) is 47.4 Å². The van der Waals surface area contributed by atoms with Gasteiger partial charge in [-0.2, -0.15) is 5.10 Å². The number of nitrogens with one attached hydrogen (secondary N) is 1. The Labute approximate surface area is 176 Å². The fourth-order valence-electron chi connectivity index (χ4n) is 4.70. The van der Waals surface area contributed by atoms with Crippen LogP contribution in [0.5, 0.6) is 5.75 Å². The summed E-state index contributed by atoms with van der Waals surface area (Å²) in [5, 5.41) is 8.21. The van der Waals surface area contributed by atoms with Gasteiger partial charge in [0.1, 0.15) is 11.9 Å². The van der Waals surface area contributed by atoms with E-state index in [-0.39, 0.29) is 12.0 Å². The number of ether oxygens (including phenoxy) is 2. The summed E-state index contributed by atoms with van der Waals surface area (Å²) in [7, 11) is 0. The highest BCUT2D eigenvalue weighted by atomic mass is 16.5. The molecule has 2 aliphatic heterocycles. The van der Waals surface area contributed by atoms with E-state index in [1.165, 1.54) is 5.52 Å². The molecule has 158 valence electrons. The van der Waals surface area contributed by atoms with Crippen molar-refractivity contribution in [2.75, 3.05) is 26.3 Å². The molecule has 7 nitrogen and oxygen atoms in total. The number of benzene rings is 1. The minimum absolute atomic E-state index is 0.0650. The Morgan fingerprint density at radius 3 is 2.73 bits per heavy atom. The zero-order valence-corrected chi connectivity index (χ0v) is 17.6. The van der Waals surface area contributed by atoms with Crippen molar-refractivity contribution in [2.45, 2.75) is 45.3 Å². The topological polar surface area (TPSA) is 72.4 Å². The predicted octanol–water partition coefficient (Wildman–Crippen LogP) is 3.63. The van der Waals surface area contributed by atoms with E-state index in [9.17, 15) is 4.79 Å². The average molecular weight is 409 g/mol. The van der Waals surface area contributed by atoms with Crippen LogP contribution in [0.4, 0.5) is 0 Å². The molecule has 3 aromatic rings. The first-order valence-corrected chi connectivity index (χ1v) is 10.8. The van der Waals surface area contributed by atoms with Crippen LogP contribution in [0.15, 0.2) is 30.5 Å². The molecule has 1 unspecified atom stereocenters. The number of amides is 1. The van der Waals surface area contributed by atoms with Crippen molar-refractivity contribution < 1.29 is 14.3 Å². The van der Waals surface area contributed by atoms with Gasteiger partial charge >= 0.3 is 0 Å². The fourth-order valence-corrected chi connectivity index (χ4v) is 4.70. The molecule has 1 atom stereocenters. The van der Waals surface area contributed by atoms with Crippen LogP contribution in [0.1, 0.15) is 47.1 Å². The molecule has 0 spiro atoms. The minimum atomic E-state index is 0.0650. The fraction of sp³-hybridized carbons (Fsp3) is 0.478. The second-order valence-electron chi connectivity index (χ2n) is 8.35. The molecule has 1 N–H and O–H groups in total. The van der Waals surface area contributed by atoms with Gasteiger partial charge in [0.2, 0.25) is 0 Å². The molecule has 2 fully saturated rings. The molecular formula is C23H28N4O3. The van der Waals surface area contributed by atoms with Crippen LogP contribution in [0.3, 0.4) is 0 Å². The lowest BCUT2D eigenvalue weighted by Gasteiger charge is -2.32. The first kappa shape index (κ1) is 19.2. The van der Waals surface area contributed by atoms with Crippen molar-refractivity contribution in [2.24, 2.45) is 0 Å². The van der Waals surface area contributed by atoms with Crippen LogP contribution in [0.2, 0.25) is 0 Å². The lowest BCUT2D eigenvalue weighted by molar-refractivity contribution is 0.0597. The summed E-state index contributed by atoms with van der Waals surface area (Å²) in [6.45, 7) is 6.77. The van der Waals surface area contributed by atoms with E-state index in [4.69, 9.17) is 9.47 Å². The van der Waals surface area contributed by atoms with Crippen LogP contribution >= 0.6 is 0 Å². The van der Waals surface area contributed by atoms with Gasteiger partial charge in [0.05, 0.1) is 29.4 Å². The van der Waals surface area contributed by atoms with Gasteiger partial charge in [-0.3, -0.25) is 9.89 Å². The summed E-state index contributed by atoms with van der Waals surface area (Å²) >= 11 is 0. The Morgan fingerprint density at radius 2 is 2.03 bits per heavy atom. The standard InChI is InChI=1S/C23H28N4O3/c1-15-22(16(2)25-24-15)23(28)26-10-6-18(7-11-26)30-21-5-3-4-20-19(21)8-12-27(20)17-9-13-29-14-17/h3-5,8,12,17-18H,6-7,9-11,13-14H2,1-2H3,(H,24,25). The third-order valence-corrected chi connectivity index (χ3v) is 6.39. The van der Waals surface area contributed by atoms with Crippen molar-refractivity contribution in [1.29, 1.82) is 0 Å². The van der Waals surface area contributed by atoms with E-state index in [1.54, 1.807) is 0 Å². The number of nitrogens with zero attached hydrogens (tertiary/aromatic N) is 3. The Morgan fingerprint density at radius 1 is 1.20 bits per heavy atom. The number of H-pyrrole nitrogens is 1. The Balaban J connectivity index is 1.27. The Hall–Kier alpha value is -2.80. The van der Waals surface area contributed by atoms with E-state index >= 15 is 0 Å². The number of aromatic nitrogens is 3. The van der Waals surface area contributed by atoms with Gasteiger partial charge in [-0.1, -0.05) is 6.07 Å². The van der Waals surface area contributed by atoms with Gasteiger partial charge in [0.25, 0.3) is 5.91 Å². The summed E-state index contributed by atoms with van der Waals surface area (Å²) in [5.41, 5.74) is 3.50. The molecule has 0 saturated carbocycles. The molecule has 7 heteroatoms. The lowest BCUT2D eigenvalue weighted by atomic mass is 10.1. The van der Waals surface area contributed by atoms with Crippen LogP contribution in [-0.2, 0) is 4.74 Å². The van der Waals surface area contributed by atoms with Gasteiger partial charge < -0.3 is 18.9 Å². The van der Waals surface area contributed by atoms with Crippen molar-refractivity contribution in [1.82, 2.24) is 19.7 Å². The molecule has 1 amide bonds. The number of aryl methyl sites for hydroxylation is 2. The van der Waals surface area contributed by atoms with Crippen LogP contribution in [-0.4, -0.2) is 58.0 Å². The molecule has 30 heavy (non-hydrogen) atoms. The monoisotopic (exact) mass is 408 g/mol. The largest absolute Gasteiger partial charge is 0.490 e. The molecule has 0 aliphatic carbocycles. The van der Waals surface area contributed by atoms with Crippen molar-refractivity contribution in [3.63, 3.8) is 0 Å². The SMILES string of the molecule is Cc1n[nH]c(C)c1C(=O)N1CCC(Oc2cccc3c2ccn3C2CCOC2)CC1. The molecular weight excluding hydrogens is 380 g/mol. The van der Waals surface area contributed by atoms with Crippen molar-refractivity contribution >= 4 is 16.8 Å². The van der Waals surface area contributed by atoms with E-state index < -0.39 is 0 Å². The maximum Gasteiger partial charge on any atom is 0.257 e. The number of fused-ring (bicyclic) bond motifs is 1. The zero-order valence-electron chi connectivity index (χ0n) is 17.6. The quantitative estimate of drug-likeness (QED) is 0.716. The van der Waals surface area contributed by atoms with E-state index in [0.717, 1.165) is 55.0 Å². The molecule has 2 saturated heterocycles. The normalized spacial score (nSPS) is 20.2. The van der Waals surface area contributed by atoms with Crippen LogP contribution in [0.25, 0.3) is 10.9 Å². The van der Waals surface area contributed by atoms with Gasteiger partial charge in [-0.05, 0) is 38.5 Å². The predicted molar refractivity (Wildman–Crippen MR) is 114 cm³/mol. The molecule has 0 bridgehead atoms. The smallest absolute Gasteiger partial charge is 0.257 e. The summed E-state index contributed by atoms with van der Waals surface area (Å²) in [6.07, 6.45) is 4.97. The first-order valence-electron chi connectivity index (χ1n) is 10.8.